The van der Waals surface area contributed by atoms with Gasteiger partial charge in [0.15, 0.2) is 0 Å². The summed E-state index contributed by atoms with van der Waals surface area (Å²) in [6, 6.07) is 16.5. The van der Waals surface area contributed by atoms with E-state index in [0.717, 1.165) is 28.0 Å². The zero-order valence-corrected chi connectivity index (χ0v) is 17.7. The fourth-order valence-corrected chi connectivity index (χ4v) is 2.89. The van der Waals surface area contributed by atoms with Crippen molar-refractivity contribution < 1.29 is 0 Å². The summed E-state index contributed by atoms with van der Waals surface area (Å²) in [4.78, 5) is 4.67. The highest BCUT2D eigenvalue weighted by Gasteiger charge is 2.09. The minimum atomic E-state index is 0.348. The van der Waals surface area contributed by atoms with E-state index >= 15 is 0 Å². The van der Waals surface area contributed by atoms with E-state index in [9.17, 15) is 0 Å². The Kier molecular flexibility index (Phi) is 7.79. The molecule has 2 aromatic carbocycles. The van der Waals surface area contributed by atoms with Gasteiger partial charge in [0.2, 0.25) is 0 Å². The molecule has 0 aliphatic heterocycles. The normalized spacial score (nSPS) is 12.1. The molecule has 5 N–H and O–H groups in total. The second kappa shape index (κ2) is 10.3. The third-order valence-electron chi connectivity index (χ3n) is 4.41. The van der Waals surface area contributed by atoms with Crippen LogP contribution in [0.3, 0.4) is 0 Å². The highest BCUT2D eigenvalue weighted by Crippen LogP contribution is 2.23. The highest BCUT2D eigenvalue weighted by molar-refractivity contribution is 6.02. The van der Waals surface area contributed by atoms with Crippen molar-refractivity contribution in [3.05, 3.63) is 95.5 Å². The minimum absolute atomic E-state index is 0.348. The topological polar surface area (TPSA) is 76.4 Å². The first-order valence-electron chi connectivity index (χ1n) is 9.61. The molecule has 0 amide bonds. The van der Waals surface area contributed by atoms with Crippen molar-refractivity contribution in [2.45, 2.75) is 27.7 Å². The molecule has 0 saturated carbocycles. The second-order valence-electron chi connectivity index (χ2n) is 7.35. The number of hydrazine groups is 1. The smallest absolute Gasteiger partial charge is 0.0800 e. The quantitative estimate of drug-likeness (QED) is 0.202. The molecule has 0 radical (unpaired) electrons. The Balaban J connectivity index is 2.32. The molecule has 150 valence electrons. The molecule has 0 aliphatic rings. The molecule has 29 heavy (non-hydrogen) atoms. The van der Waals surface area contributed by atoms with Crippen LogP contribution in [-0.2, 0) is 0 Å². The van der Waals surface area contributed by atoms with Crippen molar-refractivity contribution >= 4 is 11.4 Å². The number of benzene rings is 2. The molecule has 0 aromatic heterocycles. The first-order valence-corrected chi connectivity index (χ1v) is 9.61. The summed E-state index contributed by atoms with van der Waals surface area (Å²) >= 11 is 0. The summed E-state index contributed by atoms with van der Waals surface area (Å²) in [7, 11) is 0. The average Bonchev–Trinajstić information content (AvgIpc) is 2.72. The van der Waals surface area contributed by atoms with Crippen LogP contribution in [0.4, 0.5) is 0 Å². The Hall–Kier alpha value is -3.33. The lowest BCUT2D eigenvalue weighted by Crippen LogP contribution is -2.23. The van der Waals surface area contributed by atoms with Crippen molar-refractivity contribution in [3.8, 4) is 11.1 Å². The van der Waals surface area contributed by atoms with Gasteiger partial charge in [-0.2, -0.15) is 0 Å². The number of aliphatic imine (C=N–C) groups is 1. The molecular weight excluding hydrogens is 356 g/mol. The second-order valence-corrected chi connectivity index (χ2v) is 7.35. The van der Waals surface area contributed by atoms with Gasteiger partial charge in [0.05, 0.1) is 17.1 Å². The molecule has 4 nitrogen and oxygen atoms in total. The average molecular weight is 387 g/mol. The SMILES string of the molecule is C=C=C/C(NN)=C(/N)c1ccc(-c2ccc(C(=NC=C(C)C)C(C)C)cc2)cc1. The van der Waals surface area contributed by atoms with Crippen molar-refractivity contribution in [2.75, 3.05) is 0 Å². The molecular formula is C25H30N4. The van der Waals surface area contributed by atoms with Crippen LogP contribution in [-0.4, -0.2) is 5.71 Å². The Morgan fingerprint density at radius 1 is 1.00 bits per heavy atom. The maximum atomic E-state index is 6.18. The molecule has 0 heterocycles. The Morgan fingerprint density at radius 2 is 1.52 bits per heavy atom. The zero-order valence-electron chi connectivity index (χ0n) is 17.7. The van der Waals surface area contributed by atoms with E-state index in [1.54, 1.807) is 6.08 Å². The summed E-state index contributed by atoms with van der Waals surface area (Å²) in [6.07, 6.45) is 3.54. The highest BCUT2D eigenvalue weighted by atomic mass is 15.2. The van der Waals surface area contributed by atoms with E-state index < -0.39 is 0 Å². The summed E-state index contributed by atoms with van der Waals surface area (Å²) in [5.41, 5.74) is 19.1. The number of allylic oxidation sites excluding steroid dienone is 2. The molecule has 0 atom stereocenters. The molecule has 0 spiro atoms. The minimum Gasteiger partial charge on any atom is -0.397 e. The van der Waals surface area contributed by atoms with Crippen molar-refractivity contribution in [1.29, 1.82) is 0 Å². The Bertz CT molecular complexity index is 964. The van der Waals surface area contributed by atoms with Crippen molar-refractivity contribution in [2.24, 2.45) is 22.5 Å². The van der Waals surface area contributed by atoms with Gasteiger partial charge in [0.25, 0.3) is 0 Å². The molecule has 0 bridgehead atoms. The summed E-state index contributed by atoms with van der Waals surface area (Å²) in [5.74, 6) is 5.86. The molecule has 0 unspecified atom stereocenters. The number of nitrogens with zero attached hydrogens (tertiary/aromatic N) is 1. The number of rotatable bonds is 7. The van der Waals surface area contributed by atoms with Gasteiger partial charge in [-0.05, 0) is 42.0 Å². The third-order valence-corrected chi connectivity index (χ3v) is 4.41. The Labute approximate surface area is 174 Å². The summed E-state index contributed by atoms with van der Waals surface area (Å²) in [5, 5.41) is 0. The van der Waals surface area contributed by atoms with Gasteiger partial charge in [-0.25, -0.2) is 0 Å². The number of hydrogen-bond donors (Lipinski definition) is 3. The molecule has 2 aromatic rings. The maximum Gasteiger partial charge on any atom is 0.0800 e. The molecule has 0 fully saturated rings. The van der Waals surface area contributed by atoms with Gasteiger partial charge in [-0.3, -0.25) is 10.8 Å². The first-order chi connectivity index (χ1) is 13.9. The van der Waals surface area contributed by atoms with Crippen LogP contribution in [0.5, 0.6) is 0 Å². The monoisotopic (exact) mass is 386 g/mol. The van der Waals surface area contributed by atoms with Gasteiger partial charge in [-0.15, -0.1) is 5.73 Å². The molecule has 2 rings (SSSR count). The third kappa shape index (κ3) is 5.82. The van der Waals surface area contributed by atoms with Gasteiger partial charge < -0.3 is 11.2 Å². The van der Waals surface area contributed by atoms with E-state index in [2.05, 4.69) is 74.7 Å². The van der Waals surface area contributed by atoms with Crippen molar-refractivity contribution in [1.82, 2.24) is 5.43 Å². The summed E-state index contributed by atoms with van der Waals surface area (Å²) < 4.78 is 0. The van der Waals surface area contributed by atoms with Gasteiger partial charge >= 0.3 is 0 Å². The fraction of sp³-hybridized carbons (Fsp3) is 0.200. The first kappa shape index (κ1) is 22.0. The Morgan fingerprint density at radius 3 is 1.93 bits per heavy atom. The van der Waals surface area contributed by atoms with Crippen LogP contribution in [0, 0.1) is 5.92 Å². The standard InChI is InChI=1S/C25H30N4/c1-6-7-23(29-27)24(26)21-12-8-19(9-13-21)20-10-14-22(15-11-20)25(18(4)5)28-16-17(2)3/h7-16,18,29H,1,26-27H2,2-5H3/b24-23-,28-25?. The van der Waals surface area contributed by atoms with E-state index in [4.69, 9.17) is 11.6 Å². The lowest BCUT2D eigenvalue weighted by molar-refractivity contribution is 0.884. The van der Waals surface area contributed by atoms with Crippen LogP contribution in [0.1, 0.15) is 38.8 Å². The lowest BCUT2D eigenvalue weighted by Gasteiger charge is -2.11. The number of hydrogen-bond acceptors (Lipinski definition) is 4. The van der Waals surface area contributed by atoms with Crippen molar-refractivity contribution in [3.63, 3.8) is 0 Å². The predicted molar refractivity (Wildman–Crippen MR) is 125 cm³/mol. The van der Waals surface area contributed by atoms with Gasteiger partial charge in [0.1, 0.15) is 0 Å². The maximum absolute atomic E-state index is 6.18. The lowest BCUT2D eigenvalue weighted by atomic mass is 9.96. The van der Waals surface area contributed by atoms with Crippen LogP contribution in [0.2, 0.25) is 0 Å². The number of nitrogens with two attached hydrogens (primary N) is 2. The van der Waals surface area contributed by atoms with Crippen LogP contribution in [0.15, 0.2) is 89.4 Å². The van der Waals surface area contributed by atoms with Gasteiger partial charge in [0, 0.05) is 12.3 Å². The van der Waals surface area contributed by atoms with E-state index in [1.807, 2.05) is 30.5 Å². The molecule has 0 aliphatic carbocycles. The van der Waals surface area contributed by atoms with Crippen LogP contribution in [0.25, 0.3) is 16.8 Å². The van der Waals surface area contributed by atoms with E-state index in [0.29, 0.717) is 17.3 Å². The summed E-state index contributed by atoms with van der Waals surface area (Å²) in [6.45, 7) is 12.0. The van der Waals surface area contributed by atoms with E-state index in [1.165, 1.54) is 5.57 Å². The van der Waals surface area contributed by atoms with Crippen LogP contribution >= 0.6 is 0 Å². The van der Waals surface area contributed by atoms with Gasteiger partial charge in [-0.1, -0.05) is 74.5 Å². The largest absolute Gasteiger partial charge is 0.397 e. The van der Waals surface area contributed by atoms with Crippen LogP contribution < -0.4 is 17.0 Å². The number of nitrogens with one attached hydrogen (secondary N) is 1. The van der Waals surface area contributed by atoms with E-state index in [-0.39, 0.29) is 0 Å². The molecule has 4 heteroatoms. The predicted octanol–water partition coefficient (Wildman–Crippen LogP) is 5.15. The fourth-order valence-electron chi connectivity index (χ4n) is 2.89. The molecule has 0 saturated heterocycles. The zero-order chi connectivity index (χ0) is 21.4.